The largest absolute Gasteiger partial charge is 0.486 e. The minimum Gasteiger partial charge on any atom is -0.486 e. The maximum Gasteiger partial charge on any atom is 0.148 e. The molecule has 0 unspecified atom stereocenters. The lowest BCUT2D eigenvalue weighted by Crippen LogP contribution is -2.08. The second kappa shape index (κ2) is 7.22. The Bertz CT molecular complexity index is 1050. The summed E-state index contributed by atoms with van der Waals surface area (Å²) in [6.45, 7) is 3.17. The molecule has 4 aromatic rings. The van der Waals surface area contributed by atoms with E-state index in [9.17, 15) is 0 Å². The van der Waals surface area contributed by atoms with Crippen LogP contribution in [0.25, 0.3) is 11.0 Å². The van der Waals surface area contributed by atoms with Crippen LogP contribution in [0.3, 0.4) is 0 Å². The molecular weight excluding hydrogens is 344 g/mol. The number of rotatable bonds is 5. The number of halogens is 1. The van der Waals surface area contributed by atoms with Gasteiger partial charge in [-0.15, -0.1) is 0 Å². The monoisotopic (exact) mass is 362 g/mol. The molecule has 0 atom stereocenters. The van der Waals surface area contributed by atoms with Crippen molar-refractivity contribution < 1.29 is 4.74 Å². The van der Waals surface area contributed by atoms with E-state index in [1.54, 1.807) is 0 Å². The Morgan fingerprint density at radius 2 is 1.81 bits per heavy atom. The third-order valence-electron chi connectivity index (χ3n) is 4.32. The second-order valence-electron chi connectivity index (χ2n) is 6.34. The van der Waals surface area contributed by atoms with Crippen LogP contribution in [0.5, 0.6) is 5.75 Å². The highest BCUT2D eigenvalue weighted by Crippen LogP contribution is 2.21. The van der Waals surface area contributed by atoms with Gasteiger partial charge >= 0.3 is 0 Å². The number of para-hydroxylation sites is 2. The van der Waals surface area contributed by atoms with Crippen LogP contribution in [0.4, 0.5) is 0 Å². The highest BCUT2D eigenvalue weighted by atomic mass is 35.5. The minimum atomic E-state index is 0.415. The highest BCUT2D eigenvalue weighted by molar-refractivity contribution is 6.30. The summed E-state index contributed by atoms with van der Waals surface area (Å²) in [7, 11) is 0. The fourth-order valence-corrected chi connectivity index (χ4v) is 3.30. The first kappa shape index (κ1) is 16.7. The number of imidazole rings is 1. The number of aromatic nitrogens is 2. The van der Waals surface area contributed by atoms with Crippen LogP contribution in [0, 0.1) is 6.92 Å². The van der Waals surface area contributed by atoms with Crippen molar-refractivity contribution in [1.29, 1.82) is 0 Å². The average Bonchev–Trinajstić information content (AvgIpc) is 2.98. The van der Waals surface area contributed by atoms with E-state index in [0.29, 0.717) is 13.2 Å². The number of fused-ring (bicyclic) bond motifs is 1. The number of hydrogen-bond donors (Lipinski definition) is 0. The van der Waals surface area contributed by atoms with Gasteiger partial charge in [-0.25, -0.2) is 4.98 Å². The van der Waals surface area contributed by atoms with Crippen LogP contribution in [-0.4, -0.2) is 9.55 Å². The van der Waals surface area contributed by atoms with E-state index in [1.165, 1.54) is 5.56 Å². The van der Waals surface area contributed by atoms with Gasteiger partial charge in [-0.3, -0.25) is 0 Å². The molecule has 26 heavy (non-hydrogen) atoms. The van der Waals surface area contributed by atoms with Gasteiger partial charge in [-0.05, 0) is 54.4 Å². The smallest absolute Gasteiger partial charge is 0.148 e. The molecule has 4 rings (SSSR count). The molecule has 0 spiro atoms. The normalized spacial score (nSPS) is 11.0. The molecule has 0 fully saturated rings. The van der Waals surface area contributed by atoms with Gasteiger partial charge in [-0.2, -0.15) is 0 Å². The van der Waals surface area contributed by atoms with E-state index in [4.69, 9.17) is 21.3 Å². The number of hydrogen-bond acceptors (Lipinski definition) is 2. The summed E-state index contributed by atoms with van der Waals surface area (Å²) >= 11 is 6.15. The first-order valence-electron chi connectivity index (χ1n) is 8.57. The first-order valence-corrected chi connectivity index (χ1v) is 8.95. The molecule has 1 heterocycles. The lowest BCUT2D eigenvalue weighted by molar-refractivity contribution is 0.291. The van der Waals surface area contributed by atoms with E-state index in [0.717, 1.165) is 33.2 Å². The summed E-state index contributed by atoms with van der Waals surface area (Å²) in [5.74, 6) is 1.75. The van der Waals surface area contributed by atoms with Gasteiger partial charge in [-0.1, -0.05) is 48.0 Å². The Kier molecular flexibility index (Phi) is 4.63. The standard InChI is InChI=1S/C22H19ClN2O/c1-16-6-4-9-19(12-16)26-15-22-24-20-10-2-3-11-21(20)25(22)14-17-7-5-8-18(23)13-17/h2-13H,14-15H2,1H3. The second-order valence-corrected chi connectivity index (χ2v) is 6.77. The number of aryl methyl sites for hydroxylation is 1. The molecule has 0 N–H and O–H groups in total. The van der Waals surface area contributed by atoms with Crippen molar-refractivity contribution in [2.75, 3.05) is 0 Å². The van der Waals surface area contributed by atoms with Crippen molar-refractivity contribution in [1.82, 2.24) is 9.55 Å². The van der Waals surface area contributed by atoms with Crippen molar-refractivity contribution in [2.45, 2.75) is 20.1 Å². The molecule has 0 saturated heterocycles. The zero-order valence-corrected chi connectivity index (χ0v) is 15.3. The molecule has 1 aromatic heterocycles. The molecule has 0 aliphatic heterocycles. The molecule has 0 amide bonds. The maximum atomic E-state index is 6.15. The van der Waals surface area contributed by atoms with Crippen LogP contribution < -0.4 is 4.74 Å². The average molecular weight is 363 g/mol. The predicted octanol–water partition coefficient (Wildman–Crippen LogP) is 5.63. The molecule has 4 heteroatoms. The van der Waals surface area contributed by atoms with E-state index in [1.807, 2.05) is 54.6 Å². The molecule has 0 radical (unpaired) electrons. The fourth-order valence-electron chi connectivity index (χ4n) is 3.08. The van der Waals surface area contributed by atoms with Gasteiger partial charge in [0.15, 0.2) is 0 Å². The predicted molar refractivity (Wildman–Crippen MR) is 106 cm³/mol. The zero-order chi connectivity index (χ0) is 17.9. The molecule has 0 aliphatic carbocycles. The van der Waals surface area contributed by atoms with Gasteiger partial charge < -0.3 is 9.30 Å². The van der Waals surface area contributed by atoms with Gasteiger partial charge in [0.25, 0.3) is 0 Å². The van der Waals surface area contributed by atoms with Crippen molar-refractivity contribution in [2.24, 2.45) is 0 Å². The third kappa shape index (κ3) is 3.58. The minimum absolute atomic E-state index is 0.415. The van der Waals surface area contributed by atoms with Crippen molar-refractivity contribution >= 4 is 22.6 Å². The Hall–Kier alpha value is -2.78. The molecule has 0 saturated carbocycles. The lowest BCUT2D eigenvalue weighted by atomic mass is 10.2. The van der Waals surface area contributed by atoms with Crippen LogP contribution in [0.1, 0.15) is 17.0 Å². The van der Waals surface area contributed by atoms with E-state index in [2.05, 4.69) is 29.7 Å². The van der Waals surface area contributed by atoms with Gasteiger partial charge in [0.1, 0.15) is 18.2 Å². The molecule has 0 bridgehead atoms. The zero-order valence-electron chi connectivity index (χ0n) is 14.5. The van der Waals surface area contributed by atoms with Crippen molar-refractivity contribution in [3.05, 3.63) is 94.8 Å². The fraction of sp³-hybridized carbons (Fsp3) is 0.136. The van der Waals surface area contributed by atoms with E-state index in [-0.39, 0.29) is 0 Å². The summed E-state index contributed by atoms with van der Waals surface area (Å²) in [6, 6.07) is 24.1. The van der Waals surface area contributed by atoms with Crippen LogP contribution in [0.2, 0.25) is 5.02 Å². The Morgan fingerprint density at radius 1 is 0.962 bits per heavy atom. The molecule has 3 aromatic carbocycles. The summed E-state index contributed by atoms with van der Waals surface area (Å²) < 4.78 is 8.19. The van der Waals surface area contributed by atoms with E-state index < -0.39 is 0 Å². The Morgan fingerprint density at radius 3 is 2.65 bits per heavy atom. The SMILES string of the molecule is Cc1cccc(OCc2nc3ccccc3n2Cc2cccc(Cl)c2)c1. The molecule has 3 nitrogen and oxygen atoms in total. The van der Waals surface area contributed by atoms with Gasteiger partial charge in [0.05, 0.1) is 11.0 Å². The van der Waals surface area contributed by atoms with Crippen LogP contribution in [-0.2, 0) is 13.2 Å². The number of benzene rings is 3. The Balaban J connectivity index is 1.67. The van der Waals surface area contributed by atoms with Crippen molar-refractivity contribution in [3.63, 3.8) is 0 Å². The van der Waals surface area contributed by atoms with Crippen LogP contribution >= 0.6 is 11.6 Å². The number of ether oxygens (including phenoxy) is 1. The summed E-state index contributed by atoms with van der Waals surface area (Å²) in [5, 5.41) is 0.740. The topological polar surface area (TPSA) is 27.1 Å². The van der Waals surface area contributed by atoms with E-state index >= 15 is 0 Å². The summed E-state index contributed by atoms with van der Waals surface area (Å²) in [6.07, 6.45) is 0. The molecule has 0 aliphatic rings. The highest BCUT2D eigenvalue weighted by Gasteiger charge is 2.12. The van der Waals surface area contributed by atoms with Crippen LogP contribution in [0.15, 0.2) is 72.8 Å². The molecule has 130 valence electrons. The first-order chi connectivity index (χ1) is 12.7. The maximum absolute atomic E-state index is 6.15. The van der Waals surface area contributed by atoms with Gasteiger partial charge in [0, 0.05) is 11.6 Å². The third-order valence-corrected chi connectivity index (χ3v) is 4.56. The summed E-state index contributed by atoms with van der Waals surface area (Å²) in [5.41, 5.74) is 4.38. The van der Waals surface area contributed by atoms with Gasteiger partial charge in [0.2, 0.25) is 0 Å². The summed E-state index contributed by atoms with van der Waals surface area (Å²) in [4.78, 5) is 4.77. The Labute approximate surface area is 157 Å². The van der Waals surface area contributed by atoms with Crippen molar-refractivity contribution in [3.8, 4) is 5.75 Å². The quantitative estimate of drug-likeness (QED) is 0.460. The number of nitrogens with zero attached hydrogens (tertiary/aromatic N) is 2. The molecular formula is C22H19ClN2O. The lowest BCUT2D eigenvalue weighted by Gasteiger charge is -2.11.